The quantitative estimate of drug-likeness (QED) is 0.726. The van der Waals surface area contributed by atoms with Gasteiger partial charge in [0.15, 0.2) is 0 Å². The molecule has 0 bridgehead atoms. The van der Waals surface area contributed by atoms with Crippen LogP contribution in [0, 0.1) is 13.8 Å². The van der Waals surface area contributed by atoms with Crippen LogP contribution >= 0.6 is 0 Å². The van der Waals surface area contributed by atoms with Gasteiger partial charge in [0, 0.05) is 17.8 Å². The van der Waals surface area contributed by atoms with Crippen molar-refractivity contribution in [2.75, 3.05) is 13.2 Å². The molecule has 0 aliphatic rings. The van der Waals surface area contributed by atoms with Crippen LogP contribution in [0.25, 0.3) is 0 Å². The molecule has 6 nitrogen and oxygen atoms in total. The molecule has 1 aromatic carbocycles. The highest BCUT2D eigenvalue weighted by atomic mass is 16.5. The van der Waals surface area contributed by atoms with E-state index in [1.807, 2.05) is 45.0 Å². The first-order valence-electron chi connectivity index (χ1n) is 7.80. The molecule has 2 rings (SSSR count). The van der Waals surface area contributed by atoms with E-state index >= 15 is 0 Å². The smallest absolute Gasteiger partial charge is 0.241 e. The predicted molar refractivity (Wildman–Crippen MR) is 89.3 cm³/mol. The van der Waals surface area contributed by atoms with Crippen molar-refractivity contribution in [1.82, 2.24) is 15.5 Å². The summed E-state index contributed by atoms with van der Waals surface area (Å²) in [5, 5.41) is 9.81. The van der Waals surface area contributed by atoms with Gasteiger partial charge in [0.25, 0.3) is 0 Å². The van der Waals surface area contributed by atoms with Crippen LogP contribution in [0.4, 0.5) is 0 Å². The van der Waals surface area contributed by atoms with Crippen LogP contribution in [0.15, 0.2) is 24.3 Å². The van der Waals surface area contributed by atoms with E-state index in [0.717, 1.165) is 28.3 Å². The van der Waals surface area contributed by atoms with Gasteiger partial charge in [-0.15, -0.1) is 0 Å². The van der Waals surface area contributed by atoms with Crippen molar-refractivity contribution in [2.24, 2.45) is 5.73 Å². The molecule has 4 N–H and O–H groups in total. The summed E-state index contributed by atoms with van der Waals surface area (Å²) in [4.78, 5) is 12.2. The largest absolute Gasteiger partial charge is 0.494 e. The van der Waals surface area contributed by atoms with Crippen LogP contribution in [0.2, 0.25) is 0 Å². The lowest BCUT2D eigenvalue weighted by molar-refractivity contribution is -0.122. The van der Waals surface area contributed by atoms with Gasteiger partial charge in [0.1, 0.15) is 11.8 Å². The number of nitrogens with zero attached hydrogens (tertiary/aromatic N) is 1. The molecule has 0 fully saturated rings. The van der Waals surface area contributed by atoms with Crippen LogP contribution in [0.5, 0.6) is 5.75 Å². The third kappa shape index (κ3) is 4.10. The Morgan fingerprint density at radius 3 is 2.78 bits per heavy atom. The van der Waals surface area contributed by atoms with Crippen LogP contribution in [0.3, 0.4) is 0 Å². The van der Waals surface area contributed by atoms with E-state index in [-0.39, 0.29) is 5.91 Å². The summed E-state index contributed by atoms with van der Waals surface area (Å²) >= 11 is 0. The first-order valence-corrected chi connectivity index (χ1v) is 7.80. The highest BCUT2D eigenvalue weighted by Gasteiger charge is 2.21. The molecule has 0 unspecified atom stereocenters. The van der Waals surface area contributed by atoms with Gasteiger partial charge >= 0.3 is 0 Å². The summed E-state index contributed by atoms with van der Waals surface area (Å²) in [6, 6.07) is 7.12. The van der Waals surface area contributed by atoms with Gasteiger partial charge in [-0.2, -0.15) is 5.10 Å². The molecule has 1 atom stereocenters. The monoisotopic (exact) mass is 316 g/mol. The van der Waals surface area contributed by atoms with Crippen molar-refractivity contribution < 1.29 is 9.53 Å². The number of ether oxygens (including phenoxy) is 1. The molecule has 0 aliphatic heterocycles. The average molecular weight is 316 g/mol. The Kier molecular flexibility index (Phi) is 5.76. The van der Waals surface area contributed by atoms with E-state index in [0.29, 0.717) is 19.6 Å². The van der Waals surface area contributed by atoms with Crippen molar-refractivity contribution in [3.63, 3.8) is 0 Å². The molecular formula is C17H24N4O2. The molecule has 0 saturated heterocycles. The predicted octanol–water partition coefficient (Wildman–Crippen LogP) is 1.78. The zero-order valence-corrected chi connectivity index (χ0v) is 13.8. The number of benzene rings is 1. The first-order chi connectivity index (χ1) is 11.0. The molecule has 1 amide bonds. The molecule has 0 saturated carbocycles. The third-order valence-electron chi connectivity index (χ3n) is 3.74. The Morgan fingerprint density at radius 2 is 2.13 bits per heavy atom. The van der Waals surface area contributed by atoms with E-state index < -0.39 is 6.04 Å². The molecule has 6 heteroatoms. The SMILES string of the molecule is CCOc1ccccc1CCNC(=O)[C@@H](N)c1c(C)n[nH]c1C. The molecule has 124 valence electrons. The lowest BCUT2D eigenvalue weighted by Crippen LogP contribution is -2.35. The molecule has 23 heavy (non-hydrogen) atoms. The number of hydrogen-bond acceptors (Lipinski definition) is 4. The molecule has 0 aliphatic carbocycles. The zero-order chi connectivity index (χ0) is 16.8. The summed E-state index contributed by atoms with van der Waals surface area (Å²) < 4.78 is 5.58. The number of aromatic amines is 1. The highest BCUT2D eigenvalue weighted by Crippen LogP contribution is 2.19. The maximum absolute atomic E-state index is 12.2. The number of carbonyl (C=O) groups excluding carboxylic acids is 1. The molecule has 1 aromatic heterocycles. The Bertz CT molecular complexity index is 647. The second kappa shape index (κ2) is 7.78. The van der Waals surface area contributed by atoms with Gasteiger partial charge in [-0.3, -0.25) is 9.89 Å². The minimum absolute atomic E-state index is 0.202. The average Bonchev–Trinajstić information content (AvgIpc) is 2.87. The number of hydrogen-bond donors (Lipinski definition) is 3. The van der Waals surface area contributed by atoms with Gasteiger partial charge in [0.2, 0.25) is 5.91 Å². The van der Waals surface area contributed by atoms with E-state index in [1.165, 1.54) is 0 Å². The van der Waals surface area contributed by atoms with E-state index in [1.54, 1.807) is 0 Å². The van der Waals surface area contributed by atoms with Crippen molar-refractivity contribution in [3.05, 3.63) is 46.8 Å². The maximum atomic E-state index is 12.2. The van der Waals surface area contributed by atoms with Crippen molar-refractivity contribution in [1.29, 1.82) is 0 Å². The lowest BCUT2D eigenvalue weighted by atomic mass is 10.0. The second-order valence-corrected chi connectivity index (χ2v) is 5.41. The minimum Gasteiger partial charge on any atom is -0.494 e. The molecule has 0 radical (unpaired) electrons. The first kappa shape index (κ1) is 17.0. The Morgan fingerprint density at radius 1 is 1.39 bits per heavy atom. The fourth-order valence-corrected chi connectivity index (χ4v) is 2.59. The van der Waals surface area contributed by atoms with E-state index in [4.69, 9.17) is 10.5 Å². The number of H-pyrrole nitrogens is 1. The summed E-state index contributed by atoms with van der Waals surface area (Å²) in [6.45, 7) is 6.78. The molecule has 1 heterocycles. The van der Waals surface area contributed by atoms with Gasteiger partial charge < -0.3 is 15.8 Å². The van der Waals surface area contributed by atoms with Gasteiger partial charge in [-0.25, -0.2) is 0 Å². The third-order valence-corrected chi connectivity index (χ3v) is 3.74. The van der Waals surface area contributed by atoms with Crippen LogP contribution in [0.1, 0.15) is 35.5 Å². The van der Waals surface area contributed by atoms with Gasteiger partial charge in [0.05, 0.1) is 12.3 Å². The number of nitrogens with two attached hydrogens (primary N) is 1. The number of amides is 1. The van der Waals surface area contributed by atoms with Crippen molar-refractivity contribution in [2.45, 2.75) is 33.2 Å². The van der Waals surface area contributed by atoms with Crippen molar-refractivity contribution >= 4 is 5.91 Å². The van der Waals surface area contributed by atoms with Crippen LogP contribution in [-0.2, 0) is 11.2 Å². The molecular weight excluding hydrogens is 292 g/mol. The van der Waals surface area contributed by atoms with Gasteiger partial charge in [-0.1, -0.05) is 18.2 Å². The number of para-hydroxylation sites is 1. The van der Waals surface area contributed by atoms with Crippen molar-refractivity contribution in [3.8, 4) is 5.75 Å². The standard InChI is InChI=1S/C17H24N4O2/c1-4-23-14-8-6-5-7-13(14)9-10-19-17(22)16(18)15-11(2)20-21-12(15)3/h5-8,16H,4,9-10,18H2,1-3H3,(H,19,22)(H,20,21)/t16-/m0/s1. The second-order valence-electron chi connectivity index (χ2n) is 5.41. The Hall–Kier alpha value is -2.34. The number of aryl methyl sites for hydroxylation is 2. The lowest BCUT2D eigenvalue weighted by Gasteiger charge is -2.14. The molecule has 2 aromatic rings. The summed E-state index contributed by atoms with van der Waals surface area (Å²) in [7, 11) is 0. The number of rotatable bonds is 7. The maximum Gasteiger partial charge on any atom is 0.241 e. The Labute approximate surface area is 136 Å². The summed E-state index contributed by atoms with van der Waals surface area (Å²) in [6.07, 6.45) is 0.692. The van der Waals surface area contributed by atoms with Crippen LogP contribution < -0.4 is 15.8 Å². The molecule has 0 spiro atoms. The minimum atomic E-state index is -0.712. The number of nitrogens with one attached hydrogen (secondary N) is 2. The van der Waals surface area contributed by atoms with E-state index in [2.05, 4.69) is 15.5 Å². The summed E-state index contributed by atoms with van der Waals surface area (Å²) in [5.41, 5.74) is 9.46. The summed E-state index contributed by atoms with van der Waals surface area (Å²) in [5.74, 6) is 0.654. The van der Waals surface area contributed by atoms with Crippen LogP contribution in [-0.4, -0.2) is 29.3 Å². The van der Waals surface area contributed by atoms with Gasteiger partial charge in [-0.05, 0) is 38.8 Å². The fraction of sp³-hybridized carbons (Fsp3) is 0.412. The number of carbonyl (C=O) groups is 1. The normalized spacial score (nSPS) is 12.0. The number of aromatic nitrogens is 2. The Balaban J connectivity index is 1.93. The highest BCUT2D eigenvalue weighted by molar-refractivity contribution is 5.83. The fourth-order valence-electron chi connectivity index (χ4n) is 2.59. The van der Waals surface area contributed by atoms with E-state index in [9.17, 15) is 4.79 Å². The zero-order valence-electron chi connectivity index (χ0n) is 13.8. The topological polar surface area (TPSA) is 93.0 Å².